The molecule has 0 fully saturated rings. The van der Waals surface area contributed by atoms with Crippen LogP contribution < -0.4 is 10.1 Å². The highest BCUT2D eigenvalue weighted by Gasteiger charge is 2.25. The summed E-state index contributed by atoms with van der Waals surface area (Å²) >= 11 is 10.1. The minimum atomic E-state index is -0.861. The Morgan fingerprint density at radius 1 is 1.15 bits per heavy atom. The number of hydrogen-bond donors (Lipinski definition) is 2. The SMILES string of the molecule is CCOC(=O)[C@H](CS)NC(=O)Cc1c(C)n(C(=O)c2ccc(Cl)cc2)c2ccc(OC)cc12. The molecule has 0 saturated heterocycles. The molecular formula is C24H25ClN2O5S. The highest BCUT2D eigenvalue weighted by atomic mass is 35.5. The van der Waals surface area contributed by atoms with Gasteiger partial charge in [0.1, 0.15) is 11.8 Å². The molecule has 0 bridgehead atoms. The number of aromatic nitrogens is 1. The molecule has 1 heterocycles. The first-order valence-corrected chi connectivity index (χ1v) is 11.4. The predicted octanol–water partition coefficient (Wildman–Crippen LogP) is 3.82. The lowest BCUT2D eigenvalue weighted by Crippen LogP contribution is -2.43. The van der Waals surface area contributed by atoms with Crippen molar-refractivity contribution < 1.29 is 23.9 Å². The molecule has 0 aliphatic heterocycles. The molecule has 1 aromatic heterocycles. The van der Waals surface area contributed by atoms with Crippen molar-refractivity contribution in [2.75, 3.05) is 19.5 Å². The molecule has 1 amide bonds. The summed E-state index contributed by atoms with van der Waals surface area (Å²) in [6, 6.07) is 11.1. The summed E-state index contributed by atoms with van der Waals surface area (Å²) in [5.74, 6) is -0.467. The largest absolute Gasteiger partial charge is 0.497 e. The van der Waals surface area contributed by atoms with Gasteiger partial charge in [-0.15, -0.1) is 0 Å². The Kier molecular flexibility index (Phi) is 8.05. The van der Waals surface area contributed by atoms with Crippen LogP contribution in [0.25, 0.3) is 10.9 Å². The molecule has 0 saturated carbocycles. The van der Waals surface area contributed by atoms with E-state index in [1.54, 1.807) is 68.0 Å². The lowest BCUT2D eigenvalue weighted by atomic mass is 10.1. The quantitative estimate of drug-likeness (QED) is 0.372. The smallest absolute Gasteiger partial charge is 0.329 e. The van der Waals surface area contributed by atoms with Crippen LogP contribution in [0.15, 0.2) is 42.5 Å². The van der Waals surface area contributed by atoms with Gasteiger partial charge in [0.05, 0.1) is 25.7 Å². The summed E-state index contributed by atoms with van der Waals surface area (Å²) in [5.41, 5.74) is 2.38. The van der Waals surface area contributed by atoms with Crippen molar-refractivity contribution in [1.82, 2.24) is 9.88 Å². The van der Waals surface area contributed by atoms with Crippen LogP contribution in [0.5, 0.6) is 5.75 Å². The van der Waals surface area contributed by atoms with Crippen molar-refractivity contribution >= 4 is 52.9 Å². The maximum atomic E-state index is 13.3. The van der Waals surface area contributed by atoms with Gasteiger partial charge in [0.15, 0.2) is 0 Å². The molecule has 3 aromatic rings. The van der Waals surface area contributed by atoms with Crippen LogP contribution in [0.2, 0.25) is 5.02 Å². The normalized spacial score (nSPS) is 11.8. The molecule has 0 aliphatic rings. The zero-order chi connectivity index (χ0) is 24.1. The van der Waals surface area contributed by atoms with Gasteiger partial charge in [-0.25, -0.2) is 4.79 Å². The summed E-state index contributed by atoms with van der Waals surface area (Å²) in [5, 5.41) is 3.91. The van der Waals surface area contributed by atoms with E-state index in [1.165, 1.54) is 0 Å². The number of thiol groups is 1. The van der Waals surface area contributed by atoms with Crippen molar-refractivity contribution in [1.29, 1.82) is 0 Å². The fourth-order valence-electron chi connectivity index (χ4n) is 3.62. The zero-order valence-electron chi connectivity index (χ0n) is 18.6. The number of fused-ring (bicyclic) bond motifs is 1. The van der Waals surface area contributed by atoms with E-state index < -0.39 is 12.0 Å². The lowest BCUT2D eigenvalue weighted by molar-refractivity contribution is -0.146. The van der Waals surface area contributed by atoms with Crippen LogP contribution in [0.4, 0.5) is 0 Å². The highest BCUT2D eigenvalue weighted by molar-refractivity contribution is 7.80. The summed E-state index contributed by atoms with van der Waals surface area (Å²) < 4.78 is 11.9. The minimum absolute atomic E-state index is 0.0416. The maximum Gasteiger partial charge on any atom is 0.329 e. The number of carbonyl (C=O) groups is 3. The number of esters is 1. The number of nitrogens with one attached hydrogen (secondary N) is 1. The monoisotopic (exact) mass is 488 g/mol. The number of methoxy groups -OCH3 is 1. The van der Waals surface area contributed by atoms with E-state index in [9.17, 15) is 14.4 Å². The van der Waals surface area contributed by atoms with Crippen molar-refractivity contribution in [2.45, 2.75) is 26.3 Å². The van der Waals surface area contributed by atoms with Crippen LogP contribution in [-0.4, -0.2) is 47.9 Å². The molecule has 1 N–H and O–H groups in total. The number of carbonyl (C=O) groups excluding carboxylic acids is 3. The molecule has 0 radical (unpaired) electrons. The van der Waals surface area contributed by atoms with Crippen LogP contribution in [-0.2, 0) is 20.7 Å². The number of ether oxygens (including phenoxy) is 2. The van der Waals surface area contributed by atoms with E-state index in [1.807, 2.05) is 0 Å². The lowest BCUT2D eigenvalue weighted by Gasteiger charge is -2.15. The van der Waals surface area contributed by atoms with E-state index in [-0.39, 0.29) is 30.6 Å². The second-order valence-electron chi connectivity index (χ2n) is 7.33. The fourth-order valence-corrected chi connectivity index (χ4v) is 3.99. The van der Waals surface area contributed by atoms with Gasteiger partial charge < -0.3 is 14.8 Å². The third kappa shape index (κ3) is 5.34. The van der Waals surface area contributed by atoms with E-state index in [2.05, 4.69) is 17.9 Å². The zero-order valence-corrected chi connectivity index (χ0v) is 20.2. The van der Waals surface area contributed by atoms with E-state index in [0.29, 0.717) is 38.5 Å². The molecule has 174 valence electrons. The second-order valence-corrected chi connectivity index (χ2v) is 8.13. The average Bonchev–Trinajstić information content (AvgIpc) is 3.08. The maximum absolute atomic E-state index is 13.3. The van der Waals surface area contributed by atoms with Crippen LogP contribution in [0.3, 0.4) is 0 Å². The number of benzene rings is 2. The molecule has 3 rings (SSSR count). The van der Waals surface area contributed by atoms with Crippen LogP contribution in [0, 0.1) is 6.92 Å². The summed E-state index contributed by atoms with van der Waals surface area (Å²) in [6.45, 7) is 3.68. The Labute approximate surface area is 202 Å². The Bertz CT molecular complexity index is 1190. The van der Waals surface area contributed by atoms with Gasteiger partial charge in [0.2, 0.25) is 5.91 Å². The van der Waals surface area contributed by atoms with Gasteiger partial charge in [-0.1, -0.05) is 11.6 Å². The molecule has 9 heteroatoms. The molecule has 7 nitrogen and oxygen atoms in total. The van der Waals surface area contributed by atoms with Gasteiger partial charge in [0, 0.05) is 27.4 Å². The summed E-state index contributed by atoms with van der Waals surface area (Å²) in [4.78, 5) is 38.2. The topological polar surface area (TPSA) is 86.6 Å². The Morgan fingerprint density at radius 3 is 2.45 bits per heavy atom. The third-order valence-electron chi connectivity index (χ3n) is 5.26. The number of rotatable bonds is 8. The van der Waals surface area contributed by atoms with E-state index >= 15 is 0 Å². The number of halogens is 1. The number of hydrogen-bond acceptors (Lipinski definition) is 6. The number of nitrogens with zero attached hydrogens (tertiary/aromatic N) is 1. The Balaban J connectivity index is 2.01. The second kappa shape index (κ2) is 10.8. The summed E-state index contributed by atoms with van der Waals surface area (Å²) in [7, 11) is 1.55. The summed E-state index contributed by atoms with van der Waals surface area (Å²) in [6.07, 6.45) is -0.0416. The van der Waals surface area contributed by atoms with Crippen molar-refractivity contribution in [3.8, 4) is 5.75 Å². The van der Waals surface area contributed by atoms with E-state index in [0.717, 1.165) is 0 Å². The van der Waals surface area contributed by atoms with Crippen LogP contribution in [0.1, 0.15) is 28.5 Å². The van der Waals surface area contributed by atoms with Crippen LogP contribution >= 0.6 is 24.2 Å². The standard InChI is InChI=1S/C24H25ClN2O5S/c1-4-32-24(30)20(13-33)26-22(28)12-18-14(2)27(21-10-9-17(31-3)11-19(18)21)23(29)15-5-7-16(25)8-6-15/h5-11,20,33H,4,12-13H2,1-3H3,(H,26,28)/t20-/m0/s1. The molecule has 0 spiro atoms. The Morgan fingerprint density at radius 2 is 1.85 bits per heavy atom. The minimum Gasteiger partial charge on any atom is -0.497 e. The molecule has 0 aliphatic carbocycles. The fraction of sp³-hybridized carbons (Fsp3) is 0.292. The number of amides is 1. The van der Waals surface area contributed by atoms with Gasteiger partial charge in [-0.2, -0.15) is 12.6 Å². The Hall–Kier alpha value is -2.97. The first kappa shape index (κ1) is 24.7. The first-order chi connectivity index (χ1) is 15.8. The third-order valence-corrected chi connectivity index (χ3v) is 5.88. The van der Waals surface area contributed by atoms with Crippen molar-refractivity contribution in [2.24, 2.45) is 0 Å². The van der Waals surface area contributed by atoms with Gasteiger partial charge in [0.25, 0.3) is 5.91 Å². The average molecular weight is 489 g/mol. The molecular weight excluding hydrogens is 464 g/mol. The van der Waals surface area contributed by atoms with Gasteiger partial charge >= 0.3 is 5.97 Å². The van der Waals surface area contributed by atoms with E-state index in [4.69, 9.17) is 21.1 Å². The van der Waals surface area contributed by atoms with Crippen molar-refractivity contribution in [3.05, 3.63) is 64.3 Å². The molecule has 0 unspecified atom stereocenters. The molecule has 33 heavy (non-hydrogen) atoms. The molecule has 1 atom stereocenters. The van der Waals surface area contributed by atoms with Gasteiger partial charge in [-0.05, 0) is 61.9 Å². The van der Waals surface area contributed by atoms with Gasteiger partial charge in [-0.3, -0.25) is 14.2 Å². The molecule has 2 aromatic carbocycles. The first-order valence-electron chi connectivity index (χ1n) is 10.4. The van der Waals surface area contributed by atoms with Crippen molar-refractivity contribution in [3.63, 3.8) is 0 Å². The highest BCUT2D eigenvalue weighted by Crippen LogP contribution is 2.31. The predicted molar refractivity (Wildman–Crippen MR) is 131 cm³/mol.